The minimum Gasteiger partial charge on any atom is -0.308 e. The van der Waals surface area contributed by atoms with Crippen molar-refractivity contribution in [3.63, 3.8) is 0 Å². The van der Waals surface area contributed by atoms with Gasteiger partial charge in [-0.3, -0.25) is 4.79 Å². The summed E-state index contributed by atoms with van der Waals surface area (Å²) in [6, 6.07) is 15.7. The van der Waals surface area contributed by atoms with Gasteiger partial charge < -0.3 is 10.6 Å². The van der Waals surface area contributed by atoms with E-state index >= 15 is 0 Å². The number of rotatable bonds is 7. The van der Waals surface area contributed by atoms with Crippen LogP contribution >= 0.6 is 11.3 Å². The first-order valence-electron chi connectivity index (χ1n) is 8.70. The molecule has 0 bridgehead atoms. The van der Waals surface area contributed by atoms with Crippen molar-refractivity contribution >= 4 is 23.1 Å². The Kier molecular flexibility index (Phi) is 6.01. The van der Waals surface area contributed by atoms with Crippen LogP contribution in [-0.4, -0.2) is 22.2 Å². The summed E-state index contributed by atoms with van der Waals surface area (Å²) in [5.74, 6) is 0.514. The Morgan fingerprint density at radius 1 is 1.26 bits per heavy atom. The van der Waals surface area contributed by atoms with Crippen LogP contribution in [-0.2, 0) is 4.79 Å². The molecule has 0 saturated carbocycles. The van der Waals surface area contributed by atoms with E-state index in [0.717, 1.165) is 5.69 Å². The number of aromatic nitrogens is 2. The van der Waals surface area contributed by atoms with E-state index in [4.69, 9.17) is 0 Å². The van der Waals surface area contributed by atoms with Gasteiger partial charge in [0, 0.05) is 10.9 Å². The van der Waals surface area contributed by atoms with Crippen molar-refractivity contribution < 1.29 is 4.79 Å². The van der Waals surface area contributed by atoms with Crippen molar-refractivity contribution in [3.05, 3.63) is 64.5 Å². The van der Waals surface area contributed by atoms with Crippen LogP contribution in [0.3, 0.4) is 0 Å². The highest BCUT2D eigenvalue weighted by Gasteiger charge is 2.19. The van der Waals surface area contributed by atoms with Crippen LogP contribution in [0, 0.1) is 17.2 Å². The smallest absolute Gasteiger partial charge is 0.239 e. The highest BCUT2D eigenvalue weighted by Crippen LogP contribution is 2.25. The second-order valence-electron chi connectivity index (χ2n) is 6.43. The molecular weight excluding hydrogens is 358 g/mol. The number of amides is 1. The van der Waals surface area contributed by atoms with Crippen LogP contribution in [0.2, 0.25) is 0 Å². The largest absolute Gasteiger partial charge is 0.308 e. The Morgan fingerprint density at radius 3 is 2.67 bits per heavy atom. The summed E-state index contributed by atoms with van der Waals surface area (Å²) >= 11 is 1.67. The van der Waals surface area contributed by atoms with Crippen LogP contribution in [0.5, 0.6) is 0 Å². The predicted molar refractivity (Wildman–Crippen MR) is 107 cm³/mol. The number of carbonyl (C=O) groups is 1. The average Bonchev–Trinajstić information content (AvgIpc) is 3.32. The molecule has 0 aliphatic rings. The van der Waals surface area contributed by atoms with E-state index < -0.39 is 0 Å². The minimum absolute atomic E-state index is 0.102. The first kappa shape index (κ1) is 18.8. The molecule has 0 aliphatic carbocycles. The lowest BCUT2D eigenvalue weighted by Gasteiger charge is -2.21. The van der Waals surface area contributed by atoms with E-state index in [1.54, 1.807) is 16.0 Å². The van der Waals surface area contributed by atoms with Crippen molar-refractivity contribution in [2.24, 2.45) is 5.92 Å². The zero-order valence-electron chi connectivity index (χ0n) is 15.2. The third kappa shape index (κ3) is 4.42. The molecule has 2 aromatic heterocycles. The molecule has 0 spiro atoms. The lowest BCUT2D eigenvalue weighted by atomic mass is 10.0. The van der Waals surface area contributed by atoms with Gasteiger partial charge in [-0.15, -0.1) is 11.3 Å². The van der Waals surface area contributed by atoms with Gasteiger partial charge in [0.05, 0.1) is 18.4 Å². The van der Waals surface area contributed by atoms with E-state index in [0.29, 0.717) is 17.3 Å². The van der Waals surface area contributed by atoms with Gasteiger partial charge in [0.1, 0.15) is 11.6 Å². The molecule has 3 aromatic rings. The second kappa shape index (κ2) is 8.62. The van der Waals surface area contributed by atoms with Crippen molar-refractivity contribution in [1.82, 2.24) is 15.1 Å². The fourth-order valence-corrected chi connectivity index (χ4v) is 3.80. The molecule has 6 nitrogen and oxygen atoms in total. The first-order valence-corrected chi connectivity index (χ1v) is 9.58. The van der Waals surface area contributed by atoms with E-state index in [-0.39, 0.29) is 18.5 Å². The zero-order valence-corrected chi connectivity index (χ0v) is 16.0. The fraction of sp³-hybridized carbons (Fsp3) is 0.250. The predicted octanol–water partition coefficient (Wildman–Crippen LogP) is 3.73. The molecule has 2 heterocycles. The molecular formula is C20H21N5OS. The molecule has 7 heteroatoms. The van der Waals surface area contributed by atoms with Gasteiger partial charge in [0.2, 0.25) is 5.91 Å². The lowest BCUT2D eigenvalue weighted by Crippen LogP contribution is -2.33. The summed E-state index contributed by atoms with van der Waals surface area (Å²) in [6.45, 7) is 4.38. The summed E-state index contributed by atoms with van der Waals surface area (Å²) in [5.41, 5.74) is 1.10. The quantitative estimate of drug-likeness (QED) is 0.655. The number of nitrogens with one attached hydrogen (secondary N) is 2. The summed E-state index contributed by atoms with van der Waals surface area (Å²) < 4.78 is 1.57. The van der Waals surface area contributed by atoms with Crippen molar-refractivity contribution in [1.29, 1.82) is 5.26 Å². The molecule has 1 aromatic carbocycles. The number of para-hydroxylation sites is 1. The number of nitrogens with zero attached hydrogens (tertiary/aromatic N) is 3. The third-order valence-electron chi connectivity index (χ3n) is 4.15. The average molecular weight is 379 g/mol. The van der Waals surface area contributed by atoms with E-state index in [1.807, 2.05) is 41.8 Å². The number of hydrogen-bond donors (Lipinski definition) is 2. The molecule has 1 atom stereocenters. The van der Waals surface area contributed by atoms with Crippen LogP contribution in [0.25, 0.3) is 5.69 Å². The molecule has 0 saturated heterocycles. The standard InChI is InChI=1S/C20H21N5OS/c1-14(2)19(17-9-6-10-27-17)22-13-18(26)24-20-15(11-21)12-23-25(20)16-7-4-3-5-8-16/h3-10,12,14,19,22H,13H2,1-2H3,(H,24,26). The van der Waals surface area contributed by atoms with Crippen LogP contribution in [0.15, 0.2) is 54.0 Å². The Balaban J connectivity index is 1.73. The van der Waals surface area contributed by atoms with Gasteiger partial charge in [-0.25, -0.2) is 4.68 Å². The maximum absolute atomic E-state index is 12.5. The molecule has 1 amide bonds. The molecule has 138 valence electrons. The number of thiophene rings is 1. The fourth-order valence-electron chi connectivity index (χ4n) is 2.83. The van der Waals surface area contributed by atoms with E-state index in [2.05, 4.69) is 41.7 Å². The van der Waals surface area contributed by atoms with Gasteiger partial charge in [-0.05, 0) is 29.5 Å². The molecule has 2 N–H and O–H groups in total. The monoisotopic (exact) mass is 379 g/mol. The molecule has 3 rings (SSSR count). The summed E-state index contributed by atoms with van der Waals surface area (Å²) in [5, 5.41) is 21.7. The summed E-state index contributed by atoms with van der Waals surface area (Å²) in [4.78, 5) is 13.7. The van der Waals surface area contributed by atoms with E-state index in [9.17, 15) is 10.1 Å². The molecule has 1 unspecified atom stereocenters. The van der Waals surface area contributed by atoms with Crippen molar-refractivity contribution in [2.45, 2.75) is 19.9 Å². The van der Waals surface area contributed by atoms with Crippen LogP contribution < -0.4 is 10.6 Å². The van der Waals surface area contributed by atoms with Gasteiger partial charge in [-0.2, -0.15) is 10.4 Å². The molecule has 0 fully saturated rings. The number of hydrogen-bond acceptors (Lipinski definition) is 5. The Bertz CT molecular complexity index is 925. The maximum atomic E-state index is 12.5. The zero-order chi connectivity index (χ0) is 19.2. The van der Waals surface area contributed by atoms with Gasteiger partial charge in [-0.1, -0.05) is 38.1 Å². The van der Waals surface area contributed by atoms with Crippen LogP contribution in [0.1, 0.15) is 30.3 Å². The molecule has 0 radical (unpaired) electrons. The van der Waals surface area contributed by atoms with E-state index in [1.165, 1.54) is 11.1 Å². The highest BCUT2D eigenvalue weighted by atomic mass is 32.1. The Hall–Kier alpha value is -2.95. The van der Waals surface area contributed by atoms with Gasteiger partial charge in [0.25, 0.3) is 0 Å². The third-order valence-corrected chi connectivity index (χ3v) is 5.10. The molecule has 0 aliphatic heterocycles. The van der Waals surface area contributed by atoms with Crippen LogP contribution in [0.4, 0.5) is 5.82 Å². The molecule has 27 heavy (non-hydrogen) atoms. The van der Waals surface area contributed by atoms with Crippen molar-refractivity contribution in [3.8, 4) is 11.8 Å². The summed E-state index contributed by atoms with van der Waals surface area (Å²) in [6.07, 6.45) is 1.46. The minimum atomic E-state index is -0.216. The van der Waals surface area contributed by atoms with Gasteiger partial charge >= 0.3 is 0 Å². The lowest BCUT2D eigenvalue weighted by molar-refractivity contribution is -0.115. The summed E-state index contributed by atoms with van der Waals surface area (Å²) in [7, 11) is 0. The highest BCUT2D eigenvalue weighted by molar-refractivity contribution is 7.10. The number of carbonyl (C=O) groups excluding carboxylic acids is 1. The Labute approximate surface area is 162 Å². The topological polar surface area (TPSA) is 82.7 Å². The van der Waals surface area contributed by atoms with Gasteiger partial charge in [0.15, 0.2) is 5.82 Å². The maximum Gasteiger partial charge on any atom is 0.239 e. The first-order chi connectivity index (χ1) is 13.1. The van der Waals surface area contributed by atoms with Crippen molar-refractivity contribution in [2.75, 3.05) is 11.9 Å². The SMILES string of the molecule is CC(C)C(NCC(=O)Nc1c(C#N)cnn1-c1ccccc1)c1cccs1. The normalized spacial score (nSPS) is 11.9. The number of anilines is 1. The number of nitriles is 1. The Morgan fingerprint density at radius 2 is 2.04 bits per heavy atom. The second-order valence-corrected chi connectivity index (χ2v) is 7.41. The number of benzene rings is 1.